The highest BCUT2D eigenvalue weighted by atomic mass is 32.2. The number of nitrogens with zero attached hydrogens (tertiary/aromatic N) is 2. The predicted molar refractivity (Wildman–Crippen MR) is 177 cm³/mol. The maximum absolute atomic E-state index is 14.2. The molecule has 1 amide bonds. The Morgan fingerprint density at radius 3 is 2.39 bits per heavy atom. The number of thiophene rings is 1. The lowest BCUT2D eigenvalue weighted by molar-refractivity contribution is -0.124. The first-order valence-electron chi connectivity index (χ1n) is 15.3. The van der Waals surface area contributed by atoms with Gasteiger partial charge in [-0.25, -0.2) is 13.2 Å². The number of aromatic carboxylic acids is 1. The van der Waals surface area contributed by atoms with Crippen LogP contribution in [0.5, 0.6) is 0 Å². The average molecular weight is 643 g/mol. The molecule has 1 aliphatic carbocycles. The van der Waals surface area contributed by atoms with E-state index in [9.17, 15) is 23.1 Å². The Hall–Kier alpha value is -3.16. The van der Waals surface area contributed by atoms with E-state index in [1.807, 2.05) is 20.8 Å². The molecule has 10 heteroatoms. The molecule has 1 N–H and O–H groups in total. The van der Waals surface area contributed by atoms with Gasteiger partial charge in [0.2, 0.25) is 5.91 Å². The SMILES string of the molecule is CCC[C@H](CCN=COCc1ccc(S(C)(=O)=O)cc1)N(C(=O)C1CCC(C)CC1)c1cc(C#CC(C)(C)C)sc1C(=O)O. The van der Waals surface area contributed by atoms with Gasteiger partial charge >= 0.3 is 5.97 Å². The number of carboxylic acid groups (broad SMARTS) is 1. The zero-order valence-corrected chi connectivity index (χ0v) is 28.4. The number of anilines is 1. The third-order valence-electron chi connectivity index (χ3n) is 7.66. The minimum Gasteiger partial charge on any atom is -0.479 e. The molecule has 0 radical (unpaired) electrons. The first kappa shape index (κ1) is 35.3. The molecule has 3 rings (SSSR count). The van der Waals surface area contributed by atoms with Gasteiger partial charge in [0.05, 0.1) is 15.5 Å². The molecule has 240 valence electrons. The number of amides is 1. The summed E-state index contributed by atoms with van der Waals surface area (Å²) in [6.45, 7) is 10.9. The van der Waals surface area contributed by atoms with Gasteiger partial charge in [-0.05, 0) is 89.0 Å². The van der Waals surface area contributed by atoms with E-state index in [-0.39, 0.29) is 39.7 Å². The molecule has 0 spiro atoms. The van der Waals surface area contributed by atoms with Gasteiger partial charge in [0.1, 0.15) is 11.5 Å². The predicted octanol–water partition coefficient (Wildman–Crippen LogP) is 7.21. The maximum Gasteiger partial charge on any atom is 0.348 e. The van der Waals surface area contributed by atoms with Crippen LogP contribution in [0.4, 0.5) is 5.69 Å². The highest BCUT2D eigenvalue weighted by Gasteiger charge is 2.35. The van der Waals surface area contributed by atoms with Crippen molar-refractivity contribution in [3.8, 4) is 11.8 Å². The van der Waals surface area contributed by atoms with Crippen molar-refractivity contribution in [2.45, 2.75) is 97.1 Å². The monoisotopic (exact) mass is 642 g/mol. The molecule has 1 fully saturated rings. The van der Waals surface area contributed by atoms with Crippen LogP contribution in [0.2, 0.25) is 0 Å². The highest BCUT2D eigenvalue weighted by Crippen LogP contribution is 2.37. The van der Waals surface area contributed by atoms with E-state index in [1.165, 1.54) is 12.7 Å². The molecule has 44 heavy (non-hydrogen) atoms. The summed E-state index contributed by atoms with van der Waals surface area (Å²) >= 11 is 1.12. The molecular weight excluding hydrogens is 597 g/mol. The van der Waals surface area contributed by atoms with Gasteiger partial charge in [-0.3, -0.25) is 9.79 Å². The summed E-state index contributed by atoms with van der Waals surface area (Å²) in [4.78, 5) is 33.8. The van der Waals surface area contributed by atoms with Crippen LogP contribution in [-0.4, -0.2) is 50.6 Å². The fourth-order valence-electron chi connectivity index (χ4n) is 5.25. The van der Waals surface area contributed by atoms with Crippen molar-refractivity contribution in [2.75, 3.05) is 17.7 Å². The third kappa shape index (κ3) is 10.5. The van der Waals surface area contributed by atoms with E-state index in [0.29, 0.717) is 35.9 Å². The number of benzene rings is 1. The lowest BCUT2D eigenvalue weighted by Crippen LogP contribution is -2.45. The van der Waals surface area contributed by atoms with Crippen LogP contribution in [0.15, 0.2) is 40.2 Å². The Labute approximate surface area is 266 Å². The lowest BCUT2D eigenvalue weighted by Gasteiger charge is -2.36. The number of carbonyl (C=O) groups excluding carboxylic acids is 1. The summed E-state index contributed by atoms with van der Waals surface area (Å²) < 4.78 is 28.9. The minimum atomic E-state index is -3.26. The second-order valence-electron chi connectivity index (χ2n) is 12.8. The lowest BCUT2D eigenvalue weighted by atomic mass is 9.82. The molecule has 1 aliphatic rings. The van der Waals surface area contributed by atoms with Crippen molar-refractivity contribution in [3.05, 3.63) is 45.6 Å². The second-order valence-corrected chi connectivity index (χ2v) is 15.8. The van der Waals surface area contributed by atoms with E-state index < -0.39 is 15.8 Å². The number of hydrogen-bond donors (Lipinski definition) is 1. The first-order chi connectivity index (χ1) is 20.7. The number of carbonyl (C=O) groups is 2. The molecule has 1 saturated carbocycles. The van der Waals surface area contributed by atoms with Crippen LogP contribution in [-0.2, 0) is 26.0 Å². The van der Waals surface area contributed by atoms with Gasteiger partial charge in [-0.1, -0.05) is 44.2 Å². The minimum absolute atomic E-state index is 0.0104. The molecule has 1 heterocycles. The van der Waals surface area contributed by atoms with Crippen LogP contribution < -0.4 is 4.90 Å². The number of aliphatic imine (C=N–C) groups is 1. The van der Waals surface area contributed by atoms with E-state index in [1.54, 1.807) is 35.2 Å². The molecule has 0 aliphatic heterocycles. The third-order valence-corrected chi connectivity index (χ3v) is 9.81. The van der Waals surface area contributed by atoms with Gasteiger partial charge < -0.3 is 14.7 Å². The summed E-state index contributed by atoms with van der Waals surface area (Å²) in [6, 6.07) is 8.06. The van der Waals surface area contributed by atoms with E-state index >= 15 is 0 Å². The maximum atomic E-state index is 14.2. The average Bonchev–Trinajstić information content (AvgIpc) is 3.38. The van der Waals surface area contributed by atoms with Crippen LogP contribution in [0, 0.1) is 29.1 Å². The summed E-state index contributed by atoms with van der Waals surface area (Å²) in [6.07, 6.45) is 8.20. The van der Waals surface area contributed by atoms with Gasteiger partial charge in [0, 0.05) is 30.2 Å². The van der Waals surface area contributed by atoms with Crippen LogP contribution in [0.25, 0.3) is 0 Å². The fourth-order valence-corrected chi connectivity index (χ4v) is 6.73. The first-order valence-corrected chi connectivity index (χ1v) is 18.0. The summed E-state index contributed by atoms with van der Waals surface area (Å²) in [5.74, 6) is 5.70. The zero-order valence-electron chi connectivity index (χ0n) is 26.8. The second kappa shape index (κ2) is 15.7. The van der Waals surface area contributed by atoms with Gasteiger partial charge in [-0.2, -0.15) is 0 Å². The van der Waals surface area contributed by atoms with Crippen molar-refractivity contribution >= 4 is 45.1 Å². The Balaban J connectivity index is 1.82. The Bertz CT molecular complexity index is 1470. The number of sulfone groups is 1. The fraction of sp³-hybridized carbons (Fsp3) is 0.559. The Morgan fingerprint density at radius 2 is 1.82 bits per heavy atom. The van der Waals surface area contributed by atoms with Crippen molar-refractivity contribution in [2.24, 2.45) is 22.2 Å². The molecule has 0 saturated heterocycles. The van der Waals surface area contributed by atoms with Gasteiger partial charge in [0.25, 0.3) is 0 Å². The molecule has 1 atom stereocenters. The van der Waals surface area contributed by atoms with Crippen molar-refractivity contribution < 1.29 is 27.9 Å². The Kier molecular flexibility index (Phi) is 12.6. The molecule has 0 bridgehead atoms. The van der Waals surface area contributed by atoms with E-state index in [2.05, 4.69) is 30.7 Å². The van der Waals surface area contributed by atoms with Crippen LogP contribution >= 0.6 is 11.3 Å². The smallest absolute Gasteiger partial charge is 0.348 e. The topological polar surface area (TPSA) is 113 Å². The Morgan fingerprint density at radius 1 is 1.16 bits per heavy atom. The van der Waals surface area contributed by atoms with E-state index in [4.69, 9.17) is 4.74 Å². The largest absolute Gasteiger partial charge is 0.479 e. The standard InChI is InChI=1S/C34H46N2O6S2/c1-7-8-27(18-20-35-23-42-22-25-11-15-29(16-12-25)44(6,40)41)36(32(37)26-13-9-24(2)10-14-26)30-21-28(17-19-34(3,4)5)43-31(30)33(38)39/h11-12,15-16,21,23-24,26-27H,7-10,13-14,18,20,22H2,1-6H3,(H,38,39)/t24?,26?,27-/m1/s1. The summed E-state index contributed by atoms with van der Waals surface area (Å²) in [5.41, 5.74) is 1.00. The quantitative estimate of drug-likeness (QED) is 0.140. The molecule has 2 aromatic rings. The van der Waals surface area contributed by atoms with Crippen LogP contribution in [0.3, 0.4) is 0 Å². The number of ether oxygens (including phenoxy) is 1. The molecule has 1 aromatic heterocycles. The van der Waals surface area contributed by atoms with Crippen LogP contribution in [0.1, 0.15) is 99.7 Å². The van der Waals surface area contributed by atoms with Crippen molar-refractivity contribution in [1.82, 2.24) is 0 Å². The van der Waals surface area contributed by atoms with Gasteiger partial charge in [-0.15, -0.1) is 11.3 Å². The van der Waals surface area contributed by atoms with Gasteiger partial charge in [0.15, 0.2) is 16.2 Å². The normalized spacial score (nSPS) is 18.0. The molecular formula is C34H46N2O6S2. The summed E-state index contributed by atoms with van der Waals surface area (Å²) in [7, 11) is -3.26. The van der Waals surface area contributed by atoms with E-state index in [0.717, 1.165) is 49.0 Å². The highest BCUT2D eigenvalue weighted by molar-refractivity contribution is 7.90. The molecule has 8 nitrogen and oxygen atoms in total. The summed E-state index contributed by atoms with van der Waals surface area (Å²) in [5, 5.41) is 10.2. The number of hydrogen-bond acceptors (Lipinski definition) is 7. The number of rotatable bonds is 13. The molecule has 0 unspecified atom stereocenters. The number of carboxylic acids is 1. The zero-order chi connectivity index (χ0) is 32.5. The molecule has 1 aromatic carbocycles. The van der Waals surface area contributed by atoms with Crippen molar-refractivity contribution in [1.29, 1.82) is 0 Å². The van der Waals surface area contributed by atoms with Crippen molar-refractivity contribution in [3.63, 3.8) is 0 Å².